The number of hydrogen-bond acceptors (Lipinski definition) is 5. The maximum absolute atomic E-state index is 9.87. The lowest BCUT2D eigenvalue weighted by Crippen LogP contribution is -2.36. The monoisotopic (exact) mass is 236 g/mol. The third-order valence-electron chi connectivity index (χ3n) is 3.06. The zero-order valence-electron chi connectivity index (χ0n) is 10.2. The van der Waals surface area contributed by atoms with Crippen LogP contribution >= 0.6 is 0 Å². The Bertz CT molecular complexity index is 358. The summed E-state index contributed by atoms with van der Waals surface area (Å²) in [6, 6.07) is 1.92. The summed E-state index contributed by atoms with van der Waals surface area (Å²) in [5.74, 6) is 1.41. The van der Waals surface area contributed by atoms with Gasteiger partial charge in [-0.25, -0.2) is 4.98 Å². The second kappa shape index (κ2) is 5.82. The zero-order valence-corrected chi connectivity index (χ0v) is 10.2. The Hall–Kier alpha value is -1.36. The lowest BCUT2D eigenvalue weighted by molar-refractivity contribution is 0.116. The highest BCUT2D eigenvalue weighted by molar-refractivity contribution is 5.39. The van der Waals surface area contributed by atoms with Gasteiger partial charge in [-0.15, -0.1) is 0 Å². The summed E-state index contributed by atoms with van der Waals surface area (Å²) < 4.78 is 0. The molecular weight excluding hydrogens is 216 g/mol. The van der Waals surface area contributed by atoms with Crippen LogP contribution in [-0.2, 0) is 0 Å². The van der Waals surface area contributed by atoms with E-state index in [1.54, 1.807) is 6.20 Å². The Balaban J connectivity index is 1.99. The molecule has 0 amide bonds. The minimum Gasteiger partial charge on any atom is -0.391 e. The summed E-state index contributed by atoms with van der Waals surface area (Å²) >= 11 is 0. The number of aliphatic hydroxyl groups excluding tert-OH is 1. The van der Waals surface area contributed by atoms with Crippen LogP contribution in [0.25, 0.3) is 0 Å². The molecule has 0 radical (unpaired) electrons. The molecular formula is C12H20N4O. The van der Waals surface area contributed by atoms with Gasteiger partial charge in [-0.1, -0.05) is 12.8 Å². The summed E-state index contributed by atoms with van der Waals surface area (Å²) in [4.78, 5) is 8.52. The minimum atomic E-state index is -0.282. The van der Waals surface area contributed by atoms with Crippen molar-refractivity contribution in [1.82, 2.24) is 9.97 Å². The van der Waals surface area contributed by atoms with Gasteiger partial charge in [-0.05, 0) is 25.8 Å². The third-order valence-corrected chi connectivity index (χ3v) is 3.06. The van der Waals surface area contributed by atoms with Crippen LogP contribution in [0.2, 0.25) is 0 Å². The number of nitrogens with one attached hydrogen (secondary N) is 2. The van der Waals surface area contributed by atoms with Gasteiger partial charge in [-0.2, -0.15) is 4.98 Å². The number of aromatic nitrogens is 2. The van der Waals surface area contributed by atoms with Crippen molar-refractivity contribution in [2.45, 2.75) is 44.8 Å². The largest absolute Gasteiger partial charge is 0.391 e. The Kier molecular flexibility index (Phi) is 4.14. The normalized spacial score (nSPS) is 24.4. The highest BCUT2D eigenvalue weighted by atomic mass is 16.3. The van der Waals surface area contributed by atoms with Crippen LogP contribution in [0.1, 0.15) is 32.6 Å². The fourth-order valence-electron chi connectivity index (χ4n) is 2.15. The number of nitrogens with zero attached hydrogens (tertiary/aromatic N) is 2. The van der Waals surface area contributed by atoms with E-state index in [1.807, 2.05) is 13.0 Å². The molecule has 5 heteroatoms. The maximum Gasteiger partial charge on any atom is 0.224 e. The second-order valence-electron chi connectivity index (χ2n) is 4.40. The molecule has 94 valence electrons. The van der Waals surface area contributed by atoms with E-state index in [9.17, 15) is 5.11 Å². The van der Waals surface area contributed by atoms with Gasteiger partial charge in [0.2, 0.25) is 5.95 Å². The predicted molar refractivity (Wildman–Crippen MR) is 68.1 cm³/mol. The molecule has 0 aromatic carbocycles. The zero-order chi connectivity index (χ0) is 12.1. The molecule has 1 aromatic rings. The lowest BCUT2D eigenvalue weighted by atomic mass is 9.93. The van der Waals surface area contributed by atoms with Gasteiger partial charge in [0.25, 0.3) is 0 Å². The fraction of sp³-hybridized carbons (Fsp3) is 0.667. The number of aliphatic hydroxyl groups is 1. The average molecular weight is 236 g/mol. The van der Waals surface area contributed by atoms with Crippen LogP contribution in [0.15, 0.2) is 12.3 Å². The Morgan fingerprint density at radius 3 is 3.00 bits per heavy atom. The van der Waals surface area contributed by atoms with E-state index in [0.717, 1.165) is 38.0 Å². The molecule has 5 nitrogen and oxygen atoms in total. The summed E-state index contributed by atoms with van der Waals surface area (Å²) in [7, 11) is 0. The SMILES string of the molecule is CCNc1ccnc(N[C@@H]2CCCC[C@H]2O)n1. The smallest absolute Gasteiger partial charge is 0.224 e. The van der Waals surface area contributed by atoms with Crippen molar-refractivity contribution in [3.05, 3.63) is 12.3 Å². The van der Waals surface area contributed by atoms with Crippen molar-refractivity contribution in [3.8, 4) is 0 Å². The second-order valence-corrected chi connectivity index (χ2v) is 4.40. The molecule has 17 heavy (non-hydrogen) atoms. The Labute approximate surface area is 102 Å². The van der Waals surface area contributed by atoms with Gasteiger partial charge in [0, 0.05) is 12.7 Å². The van der Waals surface area contributed by atoms with Gasteiger partial charge < -0.3 is 15.7 Å². The van der Waals surface area contributed by atoms with Crippen molar-refractivity contribution in [2.24, 2.45) is 0 Å². The lowest BCUT2D eigenvalue weighted by Gasteiger charge is -2.28. The van der Waals surface area contributed by atoms with E-state index in [-0.39, 0.29) is 12.1 Å². The van der Waals surface area contributed by atoms with Gasteiger partial charge in [0.1, 0.15) is 5.82 Å². The van der Waals surface area contributed by atoms with Gasteiger partial charge in [-0.3, -0.25) is 0 Å². The van der Waals surface area contributed by atoms with Gasteiger partial charge >= 0.3 is 0 Å². The topological polar surface area (TPSA) is 70.1 Å². The first-order chi connectivity index (χ1) is 8.29. The standard InChI is InChI=1S/C12H20N4O/c1-2-13-11-7-8-14-12(16-11)15-9-5-3-4-6-10(9)17/h7-10,17H,2-6H2,1H3,(H2,13,14,15,16)/t9-,10-/m1/s1. The first kappa shape index (κ1) is 12.1. The van der Waals surface area contributed by atoms with Crippen molar-refractivity contribution < 1.29 is 5.11 Å². The van der Waals surface area contributed by atoms with Crippen LogP contribution in [0, 0.1) is 0 Å². The molecule has 2 rings (SSSR count). The Morgan fingerprint density at radius 2 is 2.24 bits per heavy atom. The van der Waals surface area contributed by atoms with Crippen LogP contribution in [0.4, 0.5) is 11.8 Å². The number of hydrogen-bond donors (Lipinski definition) is 3. The minimum absolute atomic E-state index is 0.0839. The average Bonchev–Trinajstić information content (AvgIpc) is 2.33. The molecule has 1 saturated carbocycles. The summed E-state index contributed by atoms with van der Waals surface area (Å²) in [6.45, 7) is 2.86. The molecule has 1 heterocycles. The van der Waals surface area contributed by atoms with E-state index >= 15 is 0 Å². The number of anilines is 2. The van der Waals surface area contributed by atoms with Crippen LogP contribution in [0.5, 0.6) is 0 Å². The molecule has 0 aliphatic heterocycles. The summed E-state index contributed by atoms with van der Waals surface area (Å²) in [6.07, 6.45) is 5.55. The highest BCUT2D eigenvalue weighted by Crippen LogP contribution is 2.21. The van der Waals surface area contributed by atoms with E-state index in [0.29, 0.717) is 5.95 Å². The van der Waals surface area contributed by atoms with E-state index in [2.05, 4.69) is 20.6 Å². The molecule has 0 bridgehead atoms. The first-order valence-electron chi connectivity index (χ1n) is 6.31. The molecule has 1 aliphatic rings. The summed E-state index contributed by atoms with van der Waals surface area (Å²) in [5.41, 5.74) is 0. The third kappa shape index (κ3) is 3.30. The fourth-order valence-corrected chi connectivity index (χ4v) is 2.15. The molecule has 1 fully saturated rings. The summed E-state index contributed by atoms with van der Waals surface area (Å²) in [5, 5.41) is 16.2. The van der Waals surface area contributed by atoms with Gasteiger partial charge in [0.15, 0.2) is 0 Å². The highest BCUT2D eigenvalue weighted by Gasteiger charge is 2.23. The van der Waals surface area contributed by atoms with Crippen molar-refractivity contribution in [3.63, 3.8) is 0 Å². The molecule has 0 spiro atoms. The van der Waals surface area contributed by atoms with E-state index in [1.165, 1.54) is 0 Å². The Morgan fingerprint density at radius 1 is 1.41 bits per heavy atom. The molecule has 2 atom stereocenters. The number of rotatable bonds is 4. The molecule has 1 aliphatic carbocycles. The van der Waals surface area contributed by atoms with Crippen molar-refractivity contribution in [2.75, 3.05) is 17.2 Å². The van der Waals surface area contributed by atoms with Crippen molar-refractivity contribution >= 4 is 11.8 Å². The van der Waals surface area contributed by atoms with Crippen molar-refractivity contribution in [1.29, 1.82) is 0 Å². The molecule has 3 N–H and O–H groups in total. The van der Waals surface area contributed by atoms with E-state index in [4.69, 9.17) is 0 Å². The van der Waals surface area contributed by atoms with Crippen LogP contribution in [-0.4, -0.2) is 33.8 Å². The molecule has 0 unspecified atom stereocenters. The molecule has 1 aromatic heterocycles. The van der Waals surface area contributed by atoms with Crippen LogP contribution < -0.4 is 10.6 Å². The first-order valence-corrected chi connectivity index (χ1v) is 6.31. The quantitative estimate of drug-likeness (QED) is 0.741. The maximum atomic E-state index is 9.87. The van der Waals surface area contributed by atoms with Crippen LogP contribution in [0.3, 0.4) is 0 Å². The van der Waals surface area contributed by atoms with Gasteiger partial charge in [0.05, 0.1) is 12.1 Å². The molecule has 0 saturated heterocycles. The predicted octanol–water partition coefficient (Wildman–Crippen LogP) is 1.62. The van der Waals surface area contributed by atoms with E-state index < -0.39 is 0 Å².